The molecule has 0 atom stereocenters. The lowest BCUT2D eigenvalue weighted by Gasteiger charge is -2.22. The Morgan fingerprint density at radius 3 is 2.47 bits per heavy atom. The maximum atomic E-state index is 12.1. The van der Waals surface area contributed by atoms with Gasteiger partial charge in [0.05, 0.1) is 6.61 Å². The van der Waals surface area contributed by atoms with Gasteiger partial charge < -0.3 is 15.4 Å². The third-order valence-corrected chi connectivity index (χ3v) is 2.81. The van der Waals surface area contributed by atoms with Crippen molar-refractivity contribution in [2.75, 3.05) is 24.6 Å². The van der Waals surface area contributed by atoms with Gasteiger partial charge in [-0.25, -0.2) is 0 Å². The monoisotopic (exact) mass is 264 g/mol. The Morgan fingerprint density at radius 1 is 1.26 bits per heavy atom. The fourth-order valence-corrected chi connectivity index (χ4v) is 1.88. The Kier molecular flexibility index (Phi) is 6.97. The third kappa shape index (κ3) is 4.91. The lowest BCUT2D eigenvalue weighted by Crippen LogP contribution is -2.32. The van der Waals surface area contributed by atoms with Crippen LogP contribution in [0.2, 0.25) is 0 Å². The summed E-state index contributed by atoms with van der Waals surface area (Å²) in [6, 6.07) is 7.64. The Labute approximate surface area is 115 Å². The maximum absolute atomic E-state index is 12.1. The summed E-state index contributed by atoms with van der Waals surface area (Å²) >= 11 is 0. The average molecular weight is 264 g/mol. The number of carbonyl (C=O) groups excluding carboxylic acids is 1. The number of hydrogen-bond donors (Lipinski definition) is 1. The molecule has 106 valence electrons. The molecule has 1 aromatic rings. The molecule has 0 saturated carbocycles. The number of nitrogens with zero attached hydrogens (tertiary/aromatic N) is 1. The van der Waals surface area contributed by atoms with Crippen LogP contribution in [0.15, 0.2) is 24.3 Å². The van der Waals surface area contributed by atoms with E-state index in [0.717, 1.165) is 24.3 Å². The summed E-state index contributed by atoms with van der Waals surface area (Å²) in [4.78, 5) is 13.9. The van der Waals surface area contributed by atoms with Crippen molar-refractivity contribution in [1.82, 2.24) is 0 Å². The summed E-state index contributed by atoms with van der Waals surface area (Å²) in [6.45, 7) is 5.87. The average Bonchev–Trinajstić information content (AvgIpc) is 2.41. The molecule has 1 amide bonds. The first-order valence-corrected chi connectivity index (χ1v) is 6.96. The summed E-state index contributed by atoms with van der Waals surface area (Å²) < 4.78 is 5.41. The van der Waals surface area contributed by atoms with E-state index < -0.39 is 0 Å². The number of benzene rings is 1. The van der Waals surface area contributed by atoms with E-state index in [2.05, 4.69) is 0 Å². The smallest absolute Gasteiger partial charge is 0.226 e. The van der Waals surface area contributed by atoms with Crippen molar-refractivity contribution >= 4 is 11.6 Å². The highest BCUT2D eigenvalue weighted by molar-refractivity contribution is 5.93. The van der Waals surface area contributed by atoms with E-state index >= 15 is 0 Å². The maximum Gasteiger partial charge on any atom is 0.226 e. The molecule has 1 rings (SSSR count). The predicted octanol–water partition coefficient (Wildman–Crippen LogP) is 2.57. The highest BCUT2D eigenvalue weighted by atomic mass is 16.5. The number of nitrogens with two attached hydrogens (primary N) is 1. The van der Waals surface area contributed by atoms with E-state index in [1.165, 1.54) is 0 Å². The topological polar surface area (TPSA) is 55.6 Å². The van der Waals surface area contributed by atoms with Gasteiger partial charge in [-0.15, -0.1) is 0 Å². The molecule has 1 aromatic carbocycles. The molecule has 0 spiro atoms. The van der Waals surface area contributed by atoms with Crippen LogP contribution in [0.3, 0.4) is 0 Å². The van der Waals surface area contributed by atoms with Crippen LogP contribution in [-0.2, 0) is 4.79 Å². The lowest BCUT2D eigenvalue weighted by molar-refractivity contribution is -0.118. The Balaban J connectivity index is 2.80. The minimum absolute atomic E-state index is 0.153. The molecule has 0 aromatic heterocycles. The SMILES string of the molecule is CCCC(=O)N(CCCN)c1ccc(OCC)cc1. The first-order chi connectivity index (χ1) is 9.22. The van der Waals surface area contributed by atoms with Crippen molar-refractivity contribution in [3.05, 3.63) is 24.3 Å². The Bertz CT molecular complexity index is 376. The van der Waals surface area contributed by atoms with Gasteiger partial charge in [-0.3, -0.25) is 4.79 Å². The van der Waals surface area contributed by atoms with Gasteiger partial charge in [-0.05, 0) is 50.6 Å². The van der Waals surface area contributed by atoms with Crippen LogP contribution < -0.4 is 15.4 Å². The second kappa shape index (κ2) is 8.53. The molecular formula is C15H24N2O2. The molecule has 0 saturated heterocycles. The van der Waals surface area contributed by atoms with Gasteiger partial charge in [0.25, 0.3) is 0 Å². The van der Waals surface area contributed by atoms with Crippen molar-refractivity contribution in [1.29, 1.82) is 0 Å². The van der Waals surface area contributed by atoms with E-state index in [9.17, 15) is 4.79 Å². The van der Waals surface area contributed by atoms with E-state index in [1.807, 2.05) is 43.0 Å². The first-order valence-electron chi connectivity index (χ1n) is 6.96. The zero-order valence-electron chi connectivity index (χ0n) is 11.9. The summed E-state index contributed by atoms with van der Waals surface area (Å²) in [5, 5.41) is 0. The van der Waals surface area contributed by atoms with Gasteiger partial charge in [-0.2, -0.15) is 0 Å². The van der Waals surface area contributed by atoms with Crippen molar-refractivity contribution in [2.24, 2.45) is 5.73 Å². The van der Waals surface area contributed by atoms with Gasteiger partial charge >= 0.3 is 0 Å². The molecule has 0 unspecified atom stereocenters. The molecule has 0 aliphatic carbocycles. The normalized spacial score (nSPS) is 10.3. The fraction of sp³-hybridized carbons (Fsp3) is 0.533. The molecule has 2 N–H and O–H groups in total. The summed E-state index contributed by atoms with van der Waals surface area (Å²) in [6.07, 6.45) is 2.23. The van der Waals surface area contributed by atoms with Crippen LogP contribution in [-0.4, -0.2) is 25.6 Å². The predicted molar refractivity (Wildman–Crippen MR) is 78.5 cm³/mol. The molecule has 0 heterocycles. The number of ether oxygens (including phenoxy) is 1. The molecular weight excluding hydrogens is 240 g/mol. The zero-order valence-corrected chi connectivity index (χ0v) is 11.9. The van der Waals surface area contributed by atoms with Crippen LogP contribution >= 0.6 is 0 Å². The highest BCUT2D eigenvalue weighted by Crippen LogP contribution is 2.20. The highest BCUT2D eigenvalue weighted by Gasteiger charge is 2.14. The van der Waals surface area contributed by atoms with Crippen LogP contribution in [0.5, 0.6) is 5.75 Å². The van der Waals surface area contributed by atoms with Crippen LogP contribution in [0.25, 0.3) is 0 Å². The molecule has 0 radical (unpaired) electrons. The van der Waals surface area contributed by atoms with Crippen molar-refractivity contribution in [3.8, 4) is 5.75 Å². The second-order valence-corrected chi connectivity index (χ2v) is 4.36. The van der Waals surface area contributed by atoms with E-state index in [-0.39, 0.29) is 5.91 Å². The molecule has 0 fully saturated rings. The van der Waals surface area contributed by atoms with E-state index in [0.29, 0.717) is 26.1 Å². The number of amides is 1. The molecule has 19 heavy (non-hydrogen) atoms. The molecule has 4 heteroatoms. The minimum Gasteiger partial charge on any atom is -0.494 e. The molecule has 4 nitrogen and oxygen atoms in total. The number of hydrogen-bond acceptors (Lipinski definition) is 3. The van der Waals surface area contributed by atoms with Gasteiger partial charge in [0.1, 0.15) is 5.75 Å². The van der Waals surface area contributed by atoms with Gasteiger partial charge in [0, 0.05) is 18.7 Å². The quantitative estimate of drug-likeness (QED) is 0.785. The second-order valence-electron chi connectivity index (χ2n) is 4.36. The molecule has 0 aliphatic rings. The summed E-state index contributed by atoms with van der Waals surface area (Å²) in [5.74, 6) is 0.980. The summed E-state index contributed by atoms with van der Waals surface area (Å²) in [7, 11) is 0. The molecule has 0 bridgehead atoms. The number of anilines is 1. The lowest BCUT2D eigenvalue weighted by atomic mass is 10.2. The number of carbonyl (C=O) groups is 1. The van der Waals surface area contributed by atoms with Crippen molar-refractivity contribution < 1.29 is 9.53 Å². The standard InChI is InChI=1S/C15H24N2O2/c1-3-6-15(18)17(12-5-11-16)13-7-9-14(10-8-13)19-4-2/h7-10H,3-6,11-12,16H2,1-2H3. The van der Waals surface area contributed by atoms with Gasteiger partial charge in [0.2, 0.25) is 5.91 Å². The van der Waals surface area contributed by atoms with Gasteiger partial charge in [0.15, 0.2) is 0 Å². The van der Waals surface area contributed by atoms with E-state index in [4.69, 9.17) is 10.5 Å². The van der Waals surface area contributed by atoms with Crippen LogP contribution in [0.4, 0.5) is 5.69 Å². The van der Waals surface area contributed by atoms with Crippen LogP contribution in [0, 0.1) is 0 Å². The largest absolute Gasteiger partial charge is 0.494 e. The Hall–Kier alpha value is -1.55. The van der Waals surface area contributed by atoms with Crippen molar-refractivity contribution in [3.63, 3.8) is 0 Å². The minimum atomic E-state index is 0.153. The zero-order chi connectivity index (χ0) is 14.1. The fourth-order valence-electron chi connectivity index (χ4n) is 1.88. The summed E-state index contributed by atoms with van der Waals surface area (Å²) in [5.41, 5.74) is 6.45. The van der Waals surface area contributed by atoms with Gasteiger partial charge in [-0.1, -0.05) is 6.92 Å². The number of rotatable bonds is 8. The molecule has 0 aliphatic heterocycles. The van der Waals surface area contributed by atoms with E-state index in [1.54, 1.807) is 0 Å². The Morgan fingerprint density at radius 2 is 1.95 bits per heavy atom. The van der Waals surface area contributed by atoms with Crippen molar-refractivity contribution in [2.45, 2.75) is 33.1 Å². The third-order valence-electron chi connectivity index (χ3n) is 2.81. The first kappa shape index (κ1) is 15.5. The van der Waals surface area contributed by atoms with Crippen LogP contribution in [0.1, 0.15) is 33.1 Å².